The molecule has 11 heteroatoms. The molecule has 0 bridgehead atoms. The van der Waals surface area contributed by atoms with Crippen LogP contribution in [0.1, 0.15) is 20.8 Å². The molecule has 1 N–H and O–H groups in total. The lowest BCUT2D eigenvalue weighted by Gasteiger charge is -2.40. The molecule has 0 saturated carbocycles. The molecule has 0 aliphatic carbocycles. The van der Waals surface area contributed by atoms with Gasteiger partial charge in [-0.1, -0.05) is 0 Å². The van der Waals surface area contributed by atoms with E-state index in [-0.39, 0.29) is 19.0 Å². The van der Waals surface area contributed by atoms with Gasteiger partial charge in [0.05, 0.1) is 6.61 Å². The molecule has 1 fully saturated rings. The van der Waals surface area contributed by atoms with E-state index >= 15 is 0 Å². The summed E-state index contributed by atoms with van der Waals surface area (Å²) in [6, 6.07) is 0. The summed E-state index contributed by atoms with van der Waals surface area (Å²) in [5.41, 5.74) is 2.31. The highest BCUT2D eigenvalue weighted by Crippen LogP contribution is 2.25. The third-order valence-corrected chi connectivity index (χ3v) is 3.27. The van der Waals surface area contributed by atoms with E-state index in [0.717, 1.165) is 13.8 Å². The summed E-state index contributed by atoms with van der Waals surface area (Å²) in [7, 11) is 0. The summed E-state index contributed by atoms with van der Waals surface area (Å²) in [5.74, 6) is -2.47. The third-order valence-electron chi connectivity index (χ3n) is 3.27. The van der Waals surface area contributed by atoms with Gasteiger partial charge >= 0.3 is 23.9 Å². The number of rotatable bonds is 4. The lowest BCUT2D eigenvalue weighted by molar-refractivity contribution is -0.217. The molecule has 4 atom stereocenters. The summed E-state index contributed by atoms with van der Waals surface area (Å²) in [5, 5.41) is 0. The first kappa shape index (κ1) is 18.6. The highest BCUT2D eigenvalue weighted by molar-refractivity contribution is 5.92. The van der Waals surface area contributed by atoms with Crippen LogP contribution in [0.15, 0.2) is 4.99 Å². The van der Waals surface area contributed by atoms with E-state index < -0.39 is 48.3 Å². The first-order valence-electron chi connectivity index (χ1n) is 7.41. The van der Waals surface area contributed by atoms with Gasteiger partial charge in [0, 0.05) is 20.8 Å². The van der Waals surface area contributed by atoms with Gasteiger partial charge in [-0.05, 0) is 0 Å². The van der Waals surface area contributed by atoms with Gasteiger partial charge in [0.15, 0.2) is 30.3 Å². The molecule has 2 rings (SSSR count). The van der Waals surface area contributed by atoms with E-state index in [2.05, 4.69) is 15.3 Å². The zero-order valence-electron chi connectivity index (χ0n) is 13.8. The number of nitrogens with one attached hydrogen (secondary N) is 1. The summed E-state index contributed by atoms with van der Waals surface area (Å²) >= 11 is 0. The molecule has 0 aromatic carbocycles. The molecule has 0 aromatic heterocycles. The average molecular weight is 358 g/mol. The van der Waals surface area contributed by atoms with Crippen LogP contribution in [0.4, 0.5) is 0 Å². The van der Waals surface area contributed by atoms with Crippen LogP contribution in [-0.2, 0) is 43.0 Å². The molecule has 11 nitrogen and oxygen atoms in total. The smallest absolute Gasteiger partial charge is 0.353 e. The van der Waals surface area contributed by atoms with Crippen LogP contribution in [0.2, 0.25) is 0 Å². The summed E-state index contributed by atoms with van der Waals surface area (Å²) < 4.78 is 21.1. The Kier molecular flexibility index (Phi) is 5.91. The van der Waals surface area contributed by atoms with E-state index in [0.29, 0.717) is 0 Å². The Morgan fingerprint density at radius 2 is 1.64 bits per heavy atom. The quantitative estimate of drug-likeness (QED) is 0.473. The zero-order valence-corrected chi connectivity index (χ0v) is 13.8. The maximum Gasteiger partial charge on any atom is 0.353 e. The standard InChI is InChI=1S/C14H18N2O9/c1-6(17)22-9-5-21-13(14-15-4-10(20)25-16-14)12(24-8(3)19)11(9)23-7(2)18/h9,11-13H,4-5H2,1-3H3,(H,15,16)/t9-,11+,12-,13-/m1/s1. The van der Waals surface area contributed by atoms with Gasteiger partial charge in [0.1, 0.15) is 6.54 Å². The second-order valence-corrected chi connectivity index (χ2v) is 5.33. The number of hydrogen-bond donors (Lipinski definition) is 1. The van der Waals surface area contributed by atoms with Gasteiger partial charge in [0.25, 0.3) is 0 Å². The van der Waals surface area contributed by atoms with Crippen LogP contribution >= 0.6 is 0 Å². The van der Waals surface area contributed by atoms with Gasteiger partial charge in [-0.15, -0.1) is 0 Å². The van der Waals surface area contributed by atoms with Crippen molar-refractivity contribution in [3.8, 4) is 0 Å². The summed E-state index contributed by atoms with van der Waals surface area (Å²) in [4.78, 5) is 53.9. The Bertz CT molecular complexity index is 603. The van der Waals surface area contributed by atoms with E-state index in [4.69, 9.17) is 18.9 Å². The topological polar surface area (TPSA) is 139 Å². The minimum Gasteiger partial charge on any atom is -0.456 e. The van der Waals surface area contributed by atoms with Crippen LogP contribution in [-0.4, -0.2) is 67.3 Å². The van der Waals surface area contributed by atoms with Gasteiger partial charge in [-0.25, -0.2) is 10.3 Å². The maximum absolute atomic E-state index is 11.5. The molecule has 0 aromatic rings. The zero-order chi connectivity index (χ0) is 18.6. The Hall–Kier alpha value is -2.69. The lowest BCUT2D eigenvalue weighted by Crippen LogP contribution is -2.62. The van der Waals surface area contributed by atoms with Gasteiger partial charge in [-0.3, -0.25) is 19.4 Å². The molecule has 2 aliphatic rings. The Labute approximate surface area is 142 Å². The van der Waals surface area contributed by atoms with Crippen molar-refractivity contribution in [1.29, 1.82) is 0 Å². The Morgan fingerprint density at radius 1 is 1.04 bits per heavy atom. The number of aliphatic imine (C=N–C) groups is 1. The molecule has 0 amide bonds. The normalized spacial score (nSPS) is 28.8. The van der Waals surface area contributed by atoms with Crippen LogP contribution in [0, 0.1) is 0 Å². The van der Waals surface area contributed by atoms with Gasteiger partial charge in [0.2, 0.25) is 0 Å². The minimum atomic E-state index is -1.16. The van der Waals surface area contributed by atoms with E-state index in [9.17, 15) is 19.2 Å². The second kappa shape index (κ2) is 7.92. The fourth-order valence-corrected chi connectivity index (χ4v) is 2.45. The molecule has 25 heavy (non-hydrogen) atoms. The first-order valence-corrected chi connectivity index (χ1v) is 7.41. The largest absolute Gasteiger partial charge is 0.456 e. The van der Waals surface area contributed by atoms with Crippen molar-refractivity contribution in [3.63, 3.8) is 0 Å². The predicted molar refractivity (Wildman–Crippen MR) is 77.9 cm³/mol. The molecule has 138 valence electrons. The molecule has 0 unspecified atom stereocenters. The highest BCUT2D eigenvalue weighted by atomic mass is 16.7. The fraction of sp³-hybridized carbons (Fsp3) is 0.643. The molecule has 0 radical (unpaired) electrons. The molecule has 0 spiro atoms. The third kappa shape index (κ3) is 4.89. The number of ether oxygens (including phenoxy) is 4. The first-order chi connectivity index (χ1) is 11.8. The van der Waals surface area contributed by atoms with Gasteiger partial charge < -0.3 is 23.8 Å². The molecular weight excluding hydrogens is 340 g/mol. The number of esters is 3. The number of amidine groups is 1. The fourth-order valence-electron chi connectivity index (χ4n) is 2.45. The van der Waals surface area contributed by atoms with Crippen LogP contribution in [0.3, 0.4) is 0 Å². The predicted octanol–water partition coefficient (Wildman–Crippen LogP) is -1.36. The average Bonchev–Trinajstić information content (AvgIpc) is 2.50. The lowest BCUT2D eigenvalue weighted by atomic mass is 9.98. The van der Waals surface area contributed by atoms with Crippen molar-refractivity contribution in [2.45, 2.75) is 45.2 Å². The van der Waals surface area contributed by atoms with Crippen molar-refractivity contribution in [3.05, 3.63) is 0 Å². The van der Waals surface area contributed by atoms with Crippen molar-refractivity contribution >= 4 is 29.7 Å². The Balaban J connectivity index is 2.30. The number of hydroxylamine groups is 1. The van der Waals surface area contributed by atoms with Crippen molar-refractivity contribution in [2.75, 3.05) is 13.2 Å². The number of carbonyl (C=O) groups is 4. The maximum atomic E-state index is 11.5. The molecule has 2 aliphatic heterocycles. The van der Waals surface area contributed by atoms with Crippen LogP contribution in [0.5, 0.6) is 0 Å². The number of hydrogen-bond acceptors (Lipinski definition) is 11. The van der Waals surface area contributed by atoms with Crippen LogP contribution in [0.25, 0.3) is 0 Å². The number of carbonyl (C=O) groups excluding carboxylic acids is 4. The minimum absolute atomic E-state index is 0.0873. The van der Waals surface area contributed by atoms with Crippen molar-refractivity contribution < 1.29 is 43.0 Å². The monoisotopic (exact) mass is 358 g/mol. The van der Waals surface area contributed by atoms with E-state index in [1.807, 2.05) is 0 Å². The van der Waals surface area contributed by atoms with Crippen LogP contribution < -0.4 is 5.48 Å². The summed E-state index contributed by atoms with van der Waals surface area (Å²) in [6.45, 7) is 3.12. The highest BCUT2D eigenvalue weighted by Gasteiger charge is 2.49. The Morgan fingerprint density at radius 3 is 2.16 bits per heavy atom. The van der Waals surface area contributed by atoms with E-state index in [1.54, 1.807) is 0 Å². The molecular formula is C14H18N2O9. The van der Waals surface area contributed by atoms with E-state index in [1.165, 1.54) is 6.92 Å². The molecule has 2 heterocycles. The SMILES string of the molecule is CC(=O)O[C@@H]1[C@@H](OC(C)=O)[C@H](C2=NCC(=O)ON2)OC[C@H]1OC(C)=O. The number of nitrogens with zero attached hydrogens (tertiary/aromatic N) is 1. The summed E-state index contributed by atoms with van der Waals surface area (Å²) in [6.07, 6.45) is -4.27. The van der Waals surface area contributed by atoms with Crippen molar-refractivity contribution in [2.24, 2.45) is 4.99 Å². The second-order valence-electron chi connectivity index (χ2n) is 5.33. The van der Waals surface area contributed by atoms with Gasteiger partial charge in [-0.2, -0.15) is 0 Å². The molecule has 1 saturated heterocycles. The van der Waals surface area contributed by atoms with Crippen molar-refractivity contribution in [1.82, 2.24) is 5.48 Å².